The number of hydrogen-bond acceptors (Lipinski definition) is 26. The molecule has 7 rings (SSSR count). The molecule has 0 aliphatic carbocycles. The van der Waals surface area contributed by atoms with E-state index in [2.05, 4.69) is 40.5 Å². The second-order valence-corrected chi connectivity index (χ2v) is 29.3. The van der Waals surface area contributed by atoms with Gasteiger partial charge >= 0.3 is 31.6 Å². The van der Waals surface area contributed by atoms with E-state index in [9.17, 15) is 38.6 Å². The number of nitrogens with one attached hydrogen (secondary N) is 2. The molecule has 5 amide bonds. The van der Waals surface area contributed by atoms with Gasteiger partial charge in [0.1, 0.15) is 55.8 Å². The summed E-state index contributed by atoms with van der Waals surface area (Å²) >= 11 is 10.5. The second-order valence-electron chi connectivity index (χ2n) is 20.6. The van der Waals surface area contributed by atoms with Crippen molar-refractivity contribution in [1.29, 1.82) is 0 Å². The number of nitrogens with zero attached hydrogens (tertiary/aromatic N) is 11. The second kappa shape index (κ2) is 31.0. The quantitative estimate of drug-likeness (QED) is 0.0299. The molecule has 0 bridgehead atoms. The first-order valence-electron chi connectivity index (χ1n) is 26.8. The summed E-state index contributed by atoms with van der Waals surface area (Å²) in [5.74, 6) is -2.19. The highest BCUT2D eigenvalue weighted by molar-refractivity contribution is 8.77. The number of amides is 5. The fourth-order valence-electron chi connectivity index (χ4n) is 8.56. The Morgan fingerprint density at radius 1 is 0.793 bits per heavy atom. The van der Waals surface area contributed by atoms with Crippen LogP contribution in [0.3, 0.4) is 0 Å². The Kier molecular flexibility index (Phi) is 24.7. The van der Waals surface area contributed by atoms with Gasteiger partial charge in [0.15, 0.2) is 53.2 Å². The lowest BCUT2D eigenvalue weighted by Gasteiger charge is -2.29. The van der Waals surface area contributed by atoms with Gasteiger partial charge in [-0.1, -0.05) is 28.5 Å². The zero-order valence-corrected chi connectivity index (χ0v) is 52.9. The van der Waals surface area contributed by atoms with Crippen LogP contribution in [-0.4, -0.2) is 239 Å². The smallest absolute Gasteiger partial charge is 0.412 e. The summed E-state index contributed by atoms with van der Waals surface area (Å²) in [5, 5.41) is 13.9. The molecule has 0 spiro atoms. The molecule has 11 atom stereocenters. The summed E-state index contributed by atoms with van der Waals surface area (Å²) < 4.78 is 85.4. The lowest BCUT2D eigenvalue weighted by molar-refractivity contribution is -0.143. The van der Waals surface area contributed by atoms with E-state index in [1.165, 1.54) is 45.5 Å². The number of anilines is 2. The molecule has 87 heavy (non-hydrogen) atoms. The lowest BCUT2D eigenvalue weighted by atomic mass is 10.1. The van der Waals surface area contributed by atoms with E-state index in [1.807, 2.05) is 13.8 Å². The minimum Gasteiger partial charge on any atom is -0.481 e. The van der Waals surface area contributed by atoms with Crippen LogP contribution in [0.4, 0.5) is 30.0 Å². The predicted octanol–water partition coefficient (Wildman–Crippen LogP) is 3.08. The average molecular weight is 1350 g/mol. The van der Waals surface area contributed by atoms with Crippen molar-refractivity contribution in [2.75, 3.05) is 104 Å². The van der Waals surface area contributed by atoms with E-state index in [-0.39, 0.29) is 109 Å². The monoisotopic (exact) mass is 1340 g/mol. The van der Waals surface area contributed by atoms with Gasteiger partial charge in [0.2, 0.25) is 17.7 Å². The molecular formula is C47H68F2N14O18P2S4. The van der Waals surface area contributed by atoms with Gasteiger partial charge < -0.3 is 73.4 Å². The average Bonchev–Trinajstić information content (AvgIpc) is 1.86. The number of fused-ring (bicyclic) bond motifs is 4. The number of rotatable bonds is 26. The molecule has 7 heterocycles. The van der Waals surface area contributed by atoms with Crippen molar-refractivity contribution in [3.8, 4) is 0 Å². The lowest BCUT2D eigenvalue weighted by Crippen LogP contribution is -2.38. The highest BCUT2D eigenvalue weighted by Gasteiger charge is 2.54. The molecule has 3 aliphatic heterocycles. The van der Waals surface area contributed by atoms with Crippen molar-refractivity contribution >= 4 is 128 Å². The van der Waals surface area contributed by atoms with Crippen LogP contribution in [-0.2, 0) is 84.6 Å². The number of nitrogen functional groups attached to an aromatic ring is 1. The highest BCUT2D eigenvalue weighted by atomic mass is 33.1. The van der Waals surface area contributed by atoms with E-state index >= 15 is 8.78 Å². The topological polar surface area (TPSA) is 393 Å². The van der Waals surface area contributed by atoms with Gasteiger partial charge in [-0.15, -0.1) is 0 Å². The Morgan fingerprint density at radius 2 is 1.36 bits per heavy atom. The molecule has 3 unspecified atom stereocenters. The third-order valence-electron chi connectivity index (χ3n) is 13.5. The zero-order chi connectivity index (χ0) is 63.4. The molecule has 3 aliphatic rings. The Balaban J connectivity index is 0.789. The summed E-state index contributed by atoms with van der Waals surface area (Å²) in [6.07, 6.45) is -9.90. The van der Waals surface area contributed by atoms with Crippen LogP contribution in [0, 0.1) is 5.92 Å². The fourth-order valence-corrected chi connectivity index (χ4v) is 13.8. The summed E-state index contributed by atoms with van der Waals surface area (Å²) in [5.41, 5.74) is 6.09. The largest absolute Gasteiger partial charge is 0.481 e. The number of likely N-dealkylation sites (N-methyl/N-ethyl adjacent to an activating group) is 3. The number of carbonyl (C=O) groups is 6. The van der Waals surface area contributed by atoms with E-state index in [4.69, 9.17) is 76.2 Å². The molecule has 3 saturated heterocycles. The number of aromatic nitrogens is 8. The Hall–Kier alpha value is -5.18. The van der Waals surface area contributed by atoms with Gasteiger partial charge in [-0.2, -0.15) is 0 Å². The van der Waals surface area contributed by atoms with E-state index in [1.54, 1.807) is 29.8 Å². The van der Waals surface area contributed by atoms with Crippen molar-refractivity contribution in [3.63, 3.8) is 0 Å². The van der Waals surface area contributed by atoms with Crippen LogP contribution in [0.2, 0.25) is 0 Å². The number of carboxylic acid groups (broad SMARTS) is 1. The molecule has 0 radical (unpaired) electrons. The normalized spacial score (nSPS) is 25.3. The number of hydrogen-bond donors (Lipinski definition) is 6. The van der Waals surface area contributed by atoms with Gasteiger partial charge in [-0.3, -0.25) is 42.7 Å². The molecule has 40 heteroatoms. The van der Waals surface area contributed by atoms with Crippen LogP contribution in [0.5, 0.6) is 0 Å². The molecule has 3 fully saturated rings. The number of ether oxygens (including phenoxy) is 5. The predicted molar refractivity (Wildman–Crippen MR) is 315 cm³/mol. The molecule has 482 valence electrons. The first-order valence-corrected chi connectivity index (χ1v) is 34.3. The number of nitrogens with two attached hydrogens (primary N) is 1. The minimum atomic E-state index is -4.41. The maximum Gasteiger partial charge on any atom is 0.412 e. The Bertz CT molecular complexity index is 3180. The Labute approximate surface area is 514 Å². The molecule has 0 aromatic carbocycles. The third-order valence-corrected chi connectivity index (χ3v) is 19.9. The van der Waals surface area contributed by atoms with Crippen LogP contribution in [0.1, 0.15) is 58.9 Å². The molecule has 32 nitrogen and oxygen atoms in total. The number of imidazole rings is 2. The number of alkyl halides is 2. The summed E-state index contributed by atoms with van der Waals surface area (Å²) in [7, 11) is 7.78. The summed E-state index contributed by atoms with van der Waals surface area (Å²) in [4.78, 5) is 125. The maximum atomic E-state index is 16.7. The molecule has 0 saturated carbocycles. The molecular weight excluding hydrogens is 1280 g/mol. The maximum absolute atomic E-state index is 16.7. The first kappa shape index (κ1) is 69.3. The highest BCUT2D eigenvalue weighted by Crippen LogP contribution is 2.55. The van der Waals surface area contributed by atoms with Crippen molar-refractivity contribution in [2.24, 2.45) is 5.92 Å². The van der Waals surface area contributed by atoms with Crippen molar-refractivity contribution in [1.82, 2.24) is 59.1 Å². The summed E-state index contributed by atoms with van der Waals surface area (Å²) in [6.45, 7) is -3.89. The zero-order valence-electron chi connectivity index (χ0n) is 47.9. The van der Waals surface area contributed by atoms with Gasteiger partial charge in [0.25, 0.3) is 0 Å². The number of carboxylic acids is 1. The van der Waals surface area contributed by atoms with E-state index in [0.717, 1.165) is 23.5 Å². The van der Waals surface area contributed by atoms with Gasteiger partial charge in [0.05, 0.1) is 58.0 Å². The number of carbonyl (C=O) groups excluding carboxylic acids is 5. The Morgan fingerprint density at radius 3 is 1.95 bits per heavy atom. The van der Waals surface area contributed by atoms with Crippen LogP contribution < -0.4 is 16.4 Å². The van der Waals surface area contributed by atoms with Gasteiger partial charge in [-0.25, -0.2) is 48.3 Å². The van der Waals surface area contributed by atoms with Crippen LogP contribution >= 0.6 is 35.0 Å². The van der Waals surface area contributed by atoms with E-state index in [0.29, 0.717) is 25.3 Å². The van der Waals surface area contributed by atoms with Crippen molar-refractivity contribution in [3.05, 3.63) is 25.3 Å². The first-order chi connectivity index (χ1) is 41.1. The van der Waals surface area contributed by atoms with Crippen LogP contribution in [0.25, 0.3) is 22.3 Å². The number of aliphatic carboxylic acids is 1. The molecule has 4 aromatic rings. The third kappa shape index (κ3) is 19.2. The fraction of sp³-hybridized carbons (Fsp3) is 0.660. The van der Waals surface area contributed by atoms with Crippen molar-refractivity contribution < 1.29 is 94.2 Å². The van der Waals surface area contributed by atoms with Crippen molar-refractivity contribution in [2.45, 2.75) is 100 Å². The van der Waals surface area contributed by atoms with E-state index < -0.39 is 106 Å². The SMILES string of the molecule is CC(CC(=O)NCCOCCC(=O)N(C)CCN(C)C(=O)CCC(C)(C)SSCCOC(=O)N(C)CCOC(=O)Nc1ncnc2c1ncn2[C@@H]1O[C@@H]2COP(O)(=S)O[C@H]3[C@@H](F)[C@H](n4cnc5c(N)ncnc54)O[C@@H]3COP(O)(=S)O[C@H]2[C@H]1F)C(=O)O. The number of halogens is 2. The summed E-state index contributed by atoms with van der Waals surface area (Å²) in [6, 6.07) is 0. The molecule has 4 aromatic heterocycles. The minimum absolute atomic E-state index is 0.0219. The van der Waals surface area contributed by atoms with Crippen LogP contribution in [0.15, 0.2) is 25.3 Å². The van der Waals surface area contributed by atoms with Gasteiger partial charge in [0, 0.05) is 64.1 Å². The van der Waals surface area contributed by atoms with Gasteiger partial charge in [-0.05, 0) is 43.9 Å². The standard InChI is InChI=1S/C47H68F2N14O18P2S4/c1-26(44(67)68)19-29(64)51-10-15-73-14-8-31(66)60(5)12-11-59(4)30(65)7-9-47(2,3)87-86-18-17-75-46(70)61(6)13-16-74-45(69)58-39-35-41(55-23-53-39)63(25-57-35)43-33(49)37-28(79-43)21-77-82(71,84)80-36-27(20-76-83(72,85)81-37)78-42(32(36)48)62-24-56-34-38(50)52-22-54-40(34)62/h22-28,32-33,36-37,42-43H,7-21H2,1-6H3,(H,51,64)(H,67,68)(H,71,84)(H,72,85)(H2,50,52,54)(H,53,55,58,69)/t26?,27-,28-,32-,33-,36-,37-,42-,43-,82?,83?/m1/s1. The molecule has 7 N–H and O–H groups in total.